The molecule has 4 N–H and O–H groups in total. The summed E-state index contributed by atoms with van der Waals surface area (Å²) in [6.07, 6.45) is 2.19. The number of nitrogens with two attached hydrogens (primary N) is 2. The average molecular weight is 205 g/mol. The van der Waals surface area contributed by atoms with Crippen molar-refractivity contribution in [2.45, 2.75) is 18.9 Å². The summed E-state index contributed by atoms with van der Waals surface area (Å²) < 4.78 is 0. The molecule has 0 bridgehead atoms. The largest absolute Gasteiger partial charge is 0.399 e. The Morgan fingerprint density at radius 1 is 1.40 bits per heavy atom. The standard InChI is InChI=1S/C11H15N3O/c1-14(8-3-4-8)11(15)9-5-2-7(12)6-10(9)13/h2,5-6,8H,3-4,12-13H2,1H3. The van der Waals surface area contributed by atoms with Crippen LogP contribution in [0.3, 0.4) is 0 Å². The van der Waals surface area contributed by atoms with Gasteiger partial charge < -0.3 is 16.4 Å². The predicted octanol–water partition coefficient (Wildman–Crippen LogP) is 1.09. The molecule has 0 spiro atoms. The summed E-state index contributed by atoms with van der Waals surface area (Å²) in [6.45, 7) is 0. The second-order valence-corrected chi connectivity index (χ2v) is 3.99. The summed E-state index contributed by atoms with van der Waals surface area (Å²) in [6, 6.07) is 5.40. The highest BCUT2D eigenvalue weighted by molar-refractivity contribution is 5.99. The molecule has 0 aromatic heterocycles. The van der Waals surface area contributed by atoms with Crippen molar-refractivity contribution in [3.63, 3.8) is 0 Å². The first-order valence-corrected chi connectivity index (χ1v) is 5.02. The van der Waals surface area contributed by atoms with Crippen LogP contribution in [-0.2, 0) is 0 Å². The van der Waals surface area contributed by atoms with Crippen LogP contribution in [0.4, 0.5) is 11.4 Å². The molecule has 1 aromatic carbocycles. The number of benzene rings is 1. The minimum atomic E-state index is -0.0185. The van der Waals surface area contributed by atoms with Gasteiger partial charge in [-0.25, -0.2) is 0 Å². The number of hydrogen-bond donors (Lipinski definition) is 2. The number of hydrogen-bond acceptors (Lipinski definition) is 3. The number of amides is 1. The molecule has 1 aromatic rings. The molecule has 0 saturated heterocycles. The van der Waals surface area contributed by atoms with Crippen molar-refractivity contribution >= 4 is 17.3 Å². The van der Waals surface area contributed by atoms with Gasteiger partial charge in [-0.1, -0.05) is 0 Å². The van der Waals surface area contributed by atoms with Gasteiger partial charge in [0, 0.05) is 24.5 Å². The minimum Gasteiger partial charge on any atom is -0.399 e. The lowest BCUT2D eigenvalue weighted by molar-refractivity contribution is 0.0786. The maximum Gasteiger partial charge on any atom is 0.255 e. The van der Waals surface area contributed by atoms with Crippen molar-refractivity contribution in [3.05, 3.63) is 23.8 Å². The molecule has 1 saturated carbocycles. The van der Waals surface area contributed by atoms with Gasteiger partial charge in [0.25, 0.3) is 5.91 Å². The second kappa shape index (κ2) is 3.46. The van der Waals surface area contributed by atoms with Crippen molar-refractivity contribution in [1.82, 2.24) is 4.90 Å². The van der Waals surface area contributed by atoms with E-state index in [9.17, 15) is 4.79 Å². The van der Waals surface area contributed by atoms with E-state index in [0.717, 1.165) is 12.8 Å². The van der Waals surface area contributed by atoms with E-state index in [4.69, 9.17) is 11.5 Å². The number of carbonyl (C=O) groups is 1. The van der Waals surface area contributed by atoms with Crippen molar-refractivity contribution in [2.75, 3.05) is 18.5 Å². The van der Waals surface area contributed by atoms with Crippen LogP contribution in [0.5, 0.6) is 0 Å². The molecular weight excluding hydrogens is 190 g/mol. The molecule has 80 valence electrons. The highest BCUT2D eigenvalue weighted by atomic mass is 16.2. The van der Waals surface area contributed by atoms with Crippen molar-refractivity contribution in [1.29, 1.82) is 0 Å². The first kappa shape index (κ1) is 9.83. The summed E-state index contributed by atoms with van der Waals surface area (Å²) >= 11 is 0. The molecule has 15 heavy (non-hydrogen) atoms. The Labute approximate surface area is 88.9 Å². The van der Waals surface area contributed by atoms with E-state index in [1.807, 2.05) is 7.05 Å². The van der Waals surface area contributed by atoms with Crippen LogP contribution in [0.2, 0.25) is 0 Å². The molecule has 0 unspecified atom stereocenters. The molecule has 1 amide bonds. The molecule has 0 radical (unpaired) electrons. The normalized spacial score (nSPS) is 15.0. The Bertz CT molecular complexity index is 399. The van der Waals surface area contributed by atoms with Gasteiger partial charge >= 0.3 is 0 Å². The van der Waals surface area contributed by atoms with Crippen molar-refractivity contribution < 1.29 is 4.79 Å². The van der Waals surface area contributed by atoms with Gasteiger partial charge in [0.1, 0.15) is 0 Å². The Morgan fingerprint density at radius 2 is 2.07 bits per heavy atom. The molecule has 4 nitrogen and oxygen atoms in total. The summed E-state index contributed by atoms with van der Waals surface area (Å²) in [7, 11) is 1.82. The molecular formula is C11H15N3O. The number of nitrogens with zero attached hydrogens (tertiary/aromatic N) is 1. The SMILES string of the molecule is CN(C(=O)c1ccc(N)cc1N)C1CC1. The molecule has 2 rings (SSSR count). The molecule has 4 heteroatoms. The van der Waals surface area contributed by atoms with Crippen LogP contribution in [-0.4, -0.2) is 23.9 Å². The third-order valence-corrected chi connectivity index (χ3v) is 2.72. The molecule has 0 aliphatic heterocycles. The van der Waals surface area contributed by atoms with Crippen LogP contribution in [0.25, 0.3) is 0 Å². The lowest BCUT2D eigenvalue weighted by Crippen LogP contribution is -2.29. The summed E-state index contributed by atoms with van der Waals surface area (Å²) in [5.74, 6) is -0.0185. The van der Waals surface area contributed by atoms with Gasteiger partial charge in [0.05, 0.1) is 5.56 Å². The lowest BCUT2D eigenvalue weighted by atomic mass is 10.1. The van der Waals surface area contributed by atoms with E-state index in [-0.39, 0.29) is 5.91 Å². The maximum absolute atomic E-state index is 12.0. The summed E-state index contributed by atoms with van der Waals surface area (Å²) in [4.78, 5) is 13.7. The Balaban J connectivity index is 2.24. The topological polar surface area (TPSA) is 72.3 Å². The van der Waals surface area contributed by atoms with Crippen LogP contribution < -0.4 is 11.5 Å². The van der Waals surface area contributed by atoms with E-state index in [1.165, 1.54) is 0 Å². The van der Waals surface area contributed by atoms with E-state index in [2.05, 4.69) is 0 Å². The minimum absolute atomic E-state index is 0.0185. The van der Waals surface area contributed by atoms with Gasteiger partial charge in [0.15, 0.2) is 0 Å². The maximum atomic E-state index is 12.0. The number of anilines is 2. The number of rotatable bonds is 2. The fourth-order valence-electron chi connectivity index (χ4n) is 1.59. The zero-order chi connectivity index (χ0) is 11.0. The molecule has 0 heterocycles. The zero-order valence-electron chi connectivity index (χ0n) is 8.73. The van der Waals surface area contributed by atoms with Gasteiger partial charge in [-0.3, -0.25) is 4.79 Å². The highest BCUT2D eigenvalue weighted by Crippen LogP contribution is 2.28. The van der Waals surface area contributed by atoms with E-state index in [1.54, 1.807) is 23.1 Å². The quantitative estimate of drug-likeness (QED) is 0.710. The van der Waals surface area contributed by atoms with Crippen LogP contribution >= 0.6 is 0 Å². The van der Waals surface area contributed by atoms with E-state index in [0.29, 0.717) is 23.0 Å². The predicted molar refractivity (Wildman–Crippen MR) is 60.4 cm³/mol. The van der Waals surface area contributed by atoms with Gasteiger partial charge in [-0.15, -0.1) is 0 Å². The Kier molecular flexibility index (Phi) is 2.26. The molecule has 1 fully saturated rings. The van der Waals surface area contributed by atoms with Crippen LogP contribution in [0.15, 0.2) is 18.2 Å². The van der Waals surface area contributed by atoms with Crippen LogP contribution in [0.1, 0.15) is 23.2 Å². The van der Waals surface area contributed by atoms with Gasteiger partial charge in [-0.2, -0.15) is 0 Å². The third-order valence-electron chi connectivity index (χ3n) is 2.72. The van der Waals surface area contributed by atoms with E-state index >= 15 is 0 Å². The molecule has 1 aliphatic carbocycles. The van der Waals surface area contributed by atoms with Gasteiger partial charge in [0.2, 0.25) is 0 Å². The molecule has 1 aliphatic rings. The van der Waals surface area contributed by atoms with Crippen LogP contribution in [0, 0.1) is 0 Å². The lowest BCUT2D eigenvalue weighted by Gasteiger charge is -2.17. The average Bonchev–Trinajstić information content (AvgIpc) is 2.99. The molecule has 0 atom stereocenters. The monoisotopic (exact) mass is 205 g/mol. The fraction of sp³-hybridized carbons (Fsp3) is 0.364. The van der Waals surface area contributed by atoms with Crippen molar-refractivity contribution in [3.8, 4) is 0 Å². The number of carbonyl (C=O) groups excluding carboxylic acids is 1. The fourth-order valence-corrected chi connectivity index (χ4v) is 1.59. The summed E-state index contributed by atoms with van der Waals surface area (Å²) in [5.41, 5.74) is 12.9. The second-order valence-electron chi connectivity index (χ2n) is 3.99. The smallest absolute Gasteiger partial charge is 0.255 e. The first-order chi connectivity index (χ1) is 7.09. The third kappa shape index (κ3) is 1.88. The van der Waals surface area contributed by atoms with Crippen molar-refractivity contribution in [2.24, 2.45) is 0 Å². The highest BCUT2D eigenvalue weighted by Gasteiger charge is 2.30. The number of nitrogen functional groups attached to an aromatic ring is 2. The first-order valence-electron chi connectivity index (χ1n) is 5.02. The van der Waals surface area contributed by atoms with Gasteiger partial charge in [-0.05, 0) is 31.0 Å². The Hall–Kier alpha value is -1.71. The summed E-state index contributed by atoms with van der Waals surface area (Å²) in [5, 5.41) is 0. The van der Waals surface area contributed by atoms with E-state index < -0.39 is 0 Å². The zero-order valence-corrected chi connectivity index (χ0v) is 8.73. The Morgan fingerprint density at radius 3 is 2.60 bits per heavy atom.